The normalized spacial score (nSPS) is 9.88. The standard InChI is InChI=1S/C15H10OS/c16-14(10-11-15-7-4-12-17-15)9-8-13-5-2-1-3-6-13/h1-7,10-12H. The van der Waals surface area contributed by atoms with Gasteiger partial charge in [-0.3, -0.25) is 4.79 Å². The number of carbonyl (C=O) groups is 1. The van der Waals surface area contributed by atoms with Crippen LogP contribution in [0.5, 0.6) is 0 Å². The van der Waals surface area contributed by atoms with E-state index in [0.717, 1.165) is 10.4 Å². The Morgan fingerprint density at radius 3 is 2.65 bits per heavy atom. The SMILES string of the molecule is O=C(C#Cc1ccccc1)C=Cc1cccs1. The Morgan fingerprint density at radius 1 is 1.12 bits per heavy atom. The van der Waals surface area contributed by atoms with E-state index in [1.54, 1.807) is 17.4 Å². The minimum atomic E-state index is -0.178. The van der Waals surface area contributed by atoms with E-state index in [1.165, 1.54) is 6.08 Å². The molecule has 17 heavy (non-hydrogen) atoms. The fourth-order valence-electron chi connectivity index (χ4n) is 1.24. The maximum Gasteiger partial charge on any atom is 0.229 e. The fraction of sp³-hybridized carbons (Fsp3) is 0. The van der Waals surface area contributed by atoms with Crippen LogP contribution in [0.4, 0.5) is 0 Å². The summed E-state index contributed by atoms with van der Waals surface area (Å²) in [6.07, 6.45) is 3.29. The number of ketones is 1. The van der Waals surface area contributed by atoms with E-state index >= 15 is 0 Å². The topological polar surface area (TPSA) is 17.1 Å². The van der Waals surface area contributed by atoms with Gasteiger partial charge in [-0.1, -0.05) is 30.2 Å². The highest BCUT2D eigenvalue weighted by molar-refractivity contribution is 7.10. The molecule has 1 aromatic heterocycles. The number of hydrogen-bond acceptors (Lipinski definition) is 2. The molecule has 1 heterocycles. The minimum Gasteiger partial charge on any atom is -0.280 e. The first-order chi connectivity index (χ1) is 8.34. The number of hydrogen-bond donors (Lipinski definition) is 0. The highest BCUT2D eigenvalue weighted by atomic mass is 32.1. The predicted octanol–water partition coefficient (Wildman–Crippen LogP) is 3.38. The Hall–Kier alpha value is -2.11. The van der Waals surface area contributed by atoms with Gasteiger partial charge in [-0.2, -0.15) is 0 Å². The quantitative estimate of drug-likeness (QED) is 0.579. The summed E-state index contributed by atoms with van der Waals surface area (Å²) in [6, 6.07) is 13.4. The summed E-state index contributed by atoms with van der Waals surface area (Å²) in [4.78, 5) is 12.5. The molecular formula is C15H10OS. The Morgan fingerprint density at radius 2 is 1.94 bits per heavy atom. The summed E-state index contributed by atoms with van der Waals surface area (Å²) in [5.41, 5.74) is 0.852. The summed E-state index contributed by atoms with van der Waals surface area (Å²) < 4.78 is 0. The van der Waals surface area contributed by atoms with Crippen LogP contribution in [-0.4, -0.2) is 5.78 Å². The predicted molar refractivity (Wildman–Crippen MR) is 71.7 cm³/mol. The van der Waals surface area contributed by atoms with Crippen LogP contribution in [0.2, 0.25) is 0 Å². The molecule has 0 amide bonds. The van der Waals surface area contributed by atoms with Crippen molar-refractivity contribution < 1.29 is 4.79 Å². The second-order valence-corrected chi connectivity index (χ2v) is 4.31. The van der Waals surface area contributed by atoms with Gasteiger partial charge in [-0.05, 0) is 41.7 Å². The van der Waals surface area contributed by atoms with Crippen molar-refractivity contribution in [1.29, 1.82) is 0 Å². The van der Waals surface area contributed by atoms with Crippen LogP contribution in [-0.2, 0) is 4.79 Å². The molecule has 0 unspecified atom stereocenters. The zero-order valence-electron chi connectivity index (χ0n) is 9.09. The molecule has 82 valence electrons. The van der Waals surface area contributed by atoms with Gasteiger partial charge in [-0.25, -0.2) is 0 Å². The van der Waals surface area contributed by atoms with Crippen molar-refractivity contribution in [2.75, 3.05) is 0 Å². The smallest absolute Gasteiger partial charge is 0.229 e. The van der Waals surface area contributed by atoms with E-state index in [9.17, 15) is 4.79 Å². The lowest BCUT2D eigenvalue weighted by atomic mass is 10.2. The molecule has 1 nitrogen and oxygen atoms in total. The third-order valence-corrected chi connectivity index (χ3v) is 2.88. The molecule has 0 aliphatic rings. The molecule has 2 rings (SSSR count). The largest absolute Gasteiger partial charge is 0.280 e. The highest BCUT2D eigenvalue weighted by Crippen LogP contribution is 2.09. The van der Waals surface area contributed by atoms with Crippen LogP contribution in [0.1, 0.15) is 10.4 Å². The van der Waals surface area contributed by atoms with Gasteiger partial charge in [0.05, 0.1) is 0 Å². The second kappa shape index (κ2) is 5.83. The molecule has 0 aliphatic carbocycles. The van der Waals surface area contributed by atoms with Crippen molar-refractivity contribution in [2.24, 2.45) is 0 Å². The Balaban J connectivity index is 2.01. The van der Waals surface area contributed by atoms with E-state index in [2.05, 4.69) is 11.8 Å². The maximum absolute atomic E-state index is 11.5. The zero-order valence-corrected chi connectivity index (χ0v) is 9.91. The third kappa shape index (κ3) is 3.75. The van der Waals surface area contributed by atoms with Gasteiger partial charge in [0.15, 0.2) is 0 Å². The molecule has 0 radical (unpaired) electrons. The molecule has 0 bridgehead atoms. The van der Waals surface area contributed by atoms with E-state index < -0.39 is 0 Å². The fourth-order valence-corrected chi connectivity index (χ4v) is 1.86. The van der Waals surface area contributed by atoms with Crippen LogP contribution < -0.4 is 0 Å². The molecule has 1 aromatic carbocycles. The molecule has 0 atom stereocenters. The third-order valence-electron chi connectivity index (χ3n) is 2.05. The van der Waals surface area contributed by atoms with Gasteiger partial charge in [0.2, 0.25) is 5.78 Å². The Kier molecular flexibility index (Phi) is 3.90. The summed E-state index contributed by atoms with van der Waals surface area (Å²) in [7, 11) is 0. The molecule has 2 heteroatoms. The lowest BCUT2D eigenvalue weighted by molar-refractivity contribution is -0.109. The second-order valence-electron chi connectivity index (χ2n) is 3.33. The van der Waals surface area contributed by atoms with Crippen molar-refractivity contribution in [3.05, 3.63) is 64.4 Å². The minimum absolute atomic E-state index is 0.178. The van der Waals surface area contributed by atoms with E-state index in [1.807, 2.05) is 47.8 Å². The Labute approximate surface area is 104 Å². The summed E-state index contributed by atoms with van der Waals surface area (Å²) in [5, 5.41) is 1.97. The number of benzene rings is 1. The molecular weight excluding hydrogens is 228 g/mol. The first-order valence-electron chi connectivity index (χ1n) is 5.17. The van der Waals surface area contributed by atoms with Gasteiger partial charge in [0, 0.05) is 10.4 Å². The van der Waals surface area contributed by atoms with Crippen molar-refractivity contribution in [3.63, 3.8) is 0 Å². The summed E-state index contributed by atoms with van der Waals surface area (Å²) in [6.45, 7) is 0. The lowest BCUT2D eigenvalue weighted by Gasteiger charge is -1.85. The van der Waals surface area contributed by atoms with E-state index in [4.69, 9.17) is 0 Å². The van der Waals surface area contributed by atoms with Crippen molar-refractivity contribution in [2.45, 2.75) is 0 Å². The van der Waals surface area contributed by atoms with Crippen LogP contribution in [0, 0.1) is 11.8 Å². The molecule has 0 saturated carbocycles. The van der Waals surface area contributed by atoms with Crippen molar-refractivity contribution >= 4 is 23.2 Å². The van der Waals surface area contributed by atoms with Crippen LogP contribution >= 0.6 is 11.3 Å². The zero-order chi connectivity index (χ0) is 11.9. The maximum atomic E-state index is 11.5. The summed E-state index contributed by atoms with van der Waals surface area (Å²) >= 11 is 1.59. The highest BCUT2D eigenvalue weighted by Gasteiger charge is 1.90. The molecule has 0 N–H and O–H groups in total. The van der Waals surface area contributed by atoms with Crippen molar-refractivity contribution in [3.8, 4) is 11.8 Å². The van der Waals surface area contributed by atoms with Gasteiger partial charge in [0.1, 0.15) is 0 Å². The Bertz CT molecular complexity index is 568. The van der Waals surface area contributed by atoms with Crippen molar-refractivity contribution in [1.82, 2.24) is 0 Å². The first kappa shape index (κ1) is 11.4. The summed E-state index contributed by atoms with van der Waals surface area (Å²) in [5.74, 6) is 5.24. The number of thiophene rings is 1. The van der Waals surface area contributed by atoms with Crippen LogP contribution in [0.15, 0.2) is 53.9 Å². The monoisotopic (exact) mass is 238 g/mol. The van der Waals surface area contributed by atoms with Gasteiger partial charge < -0.3 is 0 Å². The number of allylic oxidation sites excluding steroid dienone is 1. The number of rotatable bonds is 2. The van der Waals surface area contributed by atoms with Gasteiger partial charge in [-0.15, -0.1) is 11.3 Å². The lowest BCUT2D eigenvalue weighted by Crippen LogP contribution is -1.85. The average Bonchev–Trinajstić information content (AvgIpc) is 2.88. The van der Waals surface area contributed by atoms with Gasteiger partial charge >= 0.3 is 0 Å². The first-order valence-corrected chi connectivity index (χ1v) is 6.05. The molecule has 0 saturated heterocycles. The van der Waals surface area contributed by atoms with E-state index in [-0.39, 0.29) is 5.78 Å². The van der Waals surface area contributed by atoms with Crippen LogP contribution in [0.25, 0.3) is 6.08 Å². The average molecular weight is 238 g/mol. The molecule has 2 aromatic rings. The molecule has 0 fully saturated rings. The van der Waals surface area contributed by atoms with Crippen LogP contribution in [0.3, 0.4) is 0 Å². The number of carbonyl (C=O) groups excluding carboxylic acids is 1. The molecule has 0 aliphatic heterocycles. The van der Waals surface area contributed by atoms with Gasteiger partial charge in [0.25, 0.3) is 0 Å². The van der Waals surface area contributed by atoms with E-state index in [0.29, 0.717) is 0 Å². The molecule has 0 spiro atoms.